The van der Waals surface area contributed by atoms with Crippen LogP contribution in [0.1, 0.15) is 21.9 Å². The van der Waals surface area contributed by atoms with E-state index in [0.29, 0.717) is 11.1 Å². The van der Waals surface area contributed by atoms with Gasteiger partial charge in [0.15, 0.2) is 5.82 Å². The average Bonchev–Trinajstić information content (AvgIpc) is 4.10. The monoisotopic (exact) mass is 745 g/mol. The SMILES string of the molecule is [2H]c1c([2H])c([2H])c2c(c1[2H])c1c([2H])c([2H])c([2H])c([2H])c1n2-c1nc(-c2cccc(-c3cccc(-c4ccc5oc6ccccc6c5c4)c3)c2)nc(-n2c3c([2H])c([2H])c([2H])c([2H])c3c3c([2H])c([2H])c([2H])c([2H])c32)n1. The summed E-state index contributed by atoms with van der Waals surface area (Å²) < 4.78 is 150. The normalized spacial score (nSPS) is 15.8. The Bertz CT molecular complexity index is 4150. The van der Waals surface area contributed by atoms with Crippen LogP contribution in [0.4, 0.5) is 0 Å². The highest BCUT2D eigenvalue weighted by atomic mass is 16.3. The minimum atomic E-state index is -0.700. The number of furan rings is 1. The molecule has 12 rings (SSSR count). The number of nitrogens with zero attached hydrogens (tertiary/aromatic N) is 5. The Kier molecular flexibility index (Phi) is 4.26. The maximum atomic E-state index is 9.21. The van der Waals surface area contributed by atoms with E-state index in [9.17, 15) is 5.48 Å². The first-order valence-corrected chi connectivity index (χ1v) is 17.8. The lowest BCUT2D eigenvalue weighted by Gasteiger charge is -2.13. The smallest absolute Gasteiger partial charge is 0.240 e. The summed E-state index contributed by atoms with van der Waals surface area (Å²) in [5.41, 5.74) is 3.79. The van der Waals surface area contributed by atoms with Crippen LogP contribution in [-0.4, -0.2) is 24.1 Å². The van der Waals surface area contributed by atoms with Crippen LogP contribution in [-0.2, 0) is 0 Å². The third kappa shape index (κ3) is 4.94. The second-order valence-corrected chi connectivity index (χ2v) is 13.3. The Hall–Kier alpha value is -7.83. The molecule has 6 nitrogen and oxygen atoms in total. The lowest BCUT2D eigenvalue weighted by molar-refractivity contribution is 0.669. The lowest BCUT2D eigenvalue weighted by atomic mass is 9.97. The Labute approximate surface area is 349 Å². The summed E-state index contributed by atoms with van der Waals surface area (Å²) in [5.74, 6) is -1.09. The zero-order valence-electron chi connectivity index (χ0n) is 45.3. The largest absolute Gasteiger partial charge is 0.456 e. The third-order valence-electron chi connectivity index (χ3n) is 10.1. The van der Waals surface area contributed by atoms with Gasteiger partial charge in [0.2, 0.25) is 11.9 Å². The molecule has 0 aliphatic rings. The molecule has 0 spiro atoms. The number of para-hydroxylation sites is 5. The molecule has 0 radical (unpaired) electrons. The van der Waals surface area contributed by atoms with Gasteiger partial charge in [0.25, 0.3) is 0 Å². The van der Waals surface area contributed by atoms with Gasteiger partial charge in [-0.3, -0.25) is 9.13 Å². The van der Waals surface area contributed by atoms with Crippen LogP contribution in [0.2, 0.25) is 0 Å². The second-order valence-electron chi connectivity index (χ2n) is 13.3. The molecule has 4 heterocycles. The summed E-state index contributed by atoms with van der Waals surface area (Å²) in [7, 11) is 0. The number of rotatable bonds is 5. The summed E-state index contributed by atoms with van der Waals surface area (Å²) in [6, 6.07) is 18.1. The number of aromatic nitrogens is 5. The minimum Gasteiger partial charge on any atom is -0.456 e. The van der Waals surface area contributed by atoms with Gasteiger partial charge in [0, 0.05) is 37.9 Å². The maximum Gasteiger partial charge on any atom is 0.240 e. The van der Waals surface area contributed by atoms with E-state index >= 15 is 0 Å². The highest BCUT2D eigenvalue weighted by Crippen LogP contribution is 2.37. The van der Waals surface area contributed by atoms with Gasteiger partial charge >= 0.3 is 0 Å². The molecule has 0 unspecified atom stereocenters. The van der Waals surface area contributed by atoms with E-state index in [1.54, 1.807) is 18.2 Å². The van der Waals surface area contributed by atoms with Gasteiger partial charge in [0.05, 0.1) is 44.0 Å². The third-order valence-corrected chi connectivity index (χ3v) is 10.1. The maximum absolute atomic E-state index is 9.21. The summed E-state index contributed by atoms with van der Waals surface area (Å²) in [5, 5.41) is 0.864. The summed E-state index contributed by atoms with van der Waals surface area (Å²) in [6.45, 7) is 0. The van der Waals surface area contributed by atoms with E-state index in [4.69, 9.17) is 35.8 Å². The van der Waals surface area contributed by atoms with Crippen molar-refractivity contribution in [3.8, 4) is 45.5 Å². The molecule has 0 atom stereocenters. The number of hydrogen-bond acceptors (Lipinski definition) is 4. The van der Waals surface area contributed by atoms with Gasteiger partial charge in [-0.15, -0.1) is 0 Å². The molecule has 0 saturated carbocycles. The molecule has 0 bridgehead atoms. The molecule has 8 aromatic carbocycles. The van der Waals surface area contributed by atoms with Gasteiger partial charge in [-0.2, -0.15) is 15.0 Å². The van der Waals surface area contributed by atoms with E-state index in [2.05, 4.69) is 6.07 Å². The van der Waals surface area contributed by atoms with Crippen LogP contribution in [0.15, 0.2) is 192 Å². The van der Waals surface area contributed by atoms with Gasteiger partial charge in [-0.05, 0) is 76.8 Å². The van der Waals surface area contributed by atoms with Crippen molar-refractivity contribution in [1.82, 2.24) is 24.1 Å². The van der Waals surface area contributed by atoms with Crippen molar-refractivity contribution in [3.05, 3.63) is 188 Å². The van der Waals surface area contributed by atoms with Crippen molar-refractivity contribution < 1.29 is 26.3 Å². The quantitative estimate of drug-likeness (QED) is 0.176. The Morgan fingerprint density at radius 1 is 0.368 bits per heavy atom. The molecule has 266 valence electrons. The molecule has 0 fully saturated rings. The van der Waals surface area contributed by atoms with E-state index < -0.39 is 109 Å². The molecule has 57 heavy (non-hydrogen) atoms. The zero-order chi connectivity index (χ0) is 51.4. The highest BCUT2D eigenvalue weighted by molar-refractivity contribution is 6.10. The predicted molar refractivity (Wildman–Crippen MR) is 232 cm³/mol. The van der Waals surface area contributed by atoms with E-state index in [1.807, 2.05) is 66.7 Å². The Morgan fingerprint density at radius 2 is 0.807 bits per heavy atom. The van der Waals surface area contributed by atoms with Gasteiger partial charge in [0.1, 0.15) is 11.2 Å². The second kappa shape index (κ2) is 12.3. The van der Waals surface area contributed by atoms with Crippen LogP contribution in [0.5, 0.6) is 0 Å². The molecule has 0 saturated heterocycles. The fourth-order valence-corrected chi connectivity index (χ4v) is 7.55. The number of benzene rings is 8. The van der Waals surface area contributed by atoms with Crippen LogP contribution < -0.4 is 0 Å². The summed E-state index contributed by atoms with van der Waals surface area (Å²) >= 11 is 0. The molecule has 12 aromatic rings. The van der Waals surface area contributed by atoms with E-state index in [0.717, 1.165) is 47.8 Å². The fraction of sp³-hybridized carbons (Fsp3) is 0. The van der Waals surface area contributed by atoms with E-state index in [-0.39, 0.29) is 49.4 Å². The van der Waals surface area contributed by atoms with Crippen molar-refractivity contribution >= 4 is 65.6 Å². The Balaban J connectivity index is 1.17. The minimum absolute atomic E-state index is 0.149. The average molecular weight is 746 g/mol. The molecule has 0 aliphatic carbocycles. The van der Waals surface area contributed by atoms with Crippen molar-refractivity contribution in [2.75, 3.05) is 0 Å². The summed E-state index contributed by atoms with van der Waals surface area (Å²) in [6.07, 6.45) is 0. The topological polar surface area (TPSA) is 61.7 Å². The zero-order valence-corrected chi connectivity index (χ0v) is 29.3. The number of fused-ring (bicyclic) bond motifs is 9. The molecule has 0 amide bonds. The predicted octanol–water partition coefficient (Wildman–Crippen LogP) is 13.0. The highest BCUT2D eigenvalue weighted by Gasteiger charge is 2.20. The standard InChI is InChI=1S/C51H31N5O/c1-6-22-43-37(17-1)38-18-2-7-23-44(38)55(43)50-52-49(53-51(54-50)56-45-24-8-3-19-39(45)40-20-4-9-25-46(40)56)36-16-12-15-34(30-36)32-13-11-14-33(29-32)35-27-28-48-42(31-35)41-21-5-10-26-47(41)57-48/h1-31H/i1D,2D,3D,4D,6D,7D,8D,9D,17D,18D,19D,20D,22D,23D,24D,25D. The molecule has 0 aliphatic heterocycles. The van der Waals surface area contributed by atoms with Gasteiger partial charge in [-0.25, -0.2) is 0 Å². The first-order valence-electron chi connectivity index (χ1n) is 25.8. The molecule has 6 heteroatoms. The van der Waals surface area contributed by atoms with Gasteiger partial charge in [-0.1, -0.05) is 133 Å². The van der Waals surface area contributed by atoms with Gasteiger partial charge < -0.3 is 4.42 Å². The molecular weight excluding hydrogens is 699 g/mol. The van der Waals surface area contributed by atoms with Crippen LogP contribution in [0.25, 0.3) is 111 Å². The number of hydrogen-bond donors (Lipinski definition) is 0. The van der Waals surface area contributed by atoms with Crippen LogP contribution in [0, 0.1) is 0 Å². The Morgan fingerprint density at radius 3 is 1.35 bits per heavy atom. The fourth-order valence-electron chi connectivity index (χ4n) is 7.55. The molecule has 0 N–H and O–H groups in total. The first-order chi connectivity index (χ1) is 34.9. The van der Waals surface area contributed by atoms with Crippen LogP contribution >= 0.6 is 0 Å². The van der Waals surface area contributed by atoms with Crippen molar-refractivity contribution in [2.45, 2.75) is 0 Å². The summed E-state index contributed by atoms with van der Waals surface area (Å²) in [4.78, 5) is 14.5. The first kappa shape index (κ1) is 19.7. The van der Waals surface area contributed by atoms with E-state index in [1.165, 1.54) is 0 Å². The molecular formula is C51H31N5O. The van der Waals surface area contributed by atoms with Crippen molar-refractivity contribution in [2.24, 2.45) is 0 Å². The van der Waals surface area contributed by atoms with Crippen molar-refractivity contribution in [1.29, 1.82) is 0 Å². The molecule has 4 aromatic heterocycles. The lowest BCUT2D eigenvalue weighted by Crippen LogP contribution is -2.10. The van der Waals surface area contributed by atoms with Crippen molar-refractivity contribution in [3.63, 3.8) is 0 Å². The van der Waals surface area contributed by atoms with Crippen LogP contribution in [0.3, 0.4) is 0 Å².